The second-order valence-electron chi connectivity index (χ2n) is 7.61. The number of nitrogens with one attached hydrogen (secondary N) is 1. The SMILES string of the molecule is COC(=O)c1c(-c2ccc(OC)cc2)csc1NC(=O)CSc1nnc(C)n1-c1ccc(C)cc1. The summed E-state index contributed by atoms with van der Waals surface area (Å²) in [5.74, 6) is 0.754. The van der Waals surface area contributed by atoms with Crippen LogP contribution in [0.2, 0.25) is 0 Å². The predicted molar refractivity (Wildman–Crippen MR) is 138 cm³/mol. The lowest BCUT2D eigenvalue weighted by Gasteiger charge is -2.10. The monoisotopic (exact) mass is 508 g/mol. The summed E-state index contributed by atoms with van der Waals surface area (Å²) in [6, 6.07) is 15.4. The molecule has 0 atom stereocenters. The van der Waals surface area contributed by atoms with Gasteiger partial charge in [0.05, 0.1) is 20.0 Å². The third kappa shape index (κ3) is 5.39. The molecule has 0 aliphatic carbocycles. The number of thiophene rings is 1. The van der Waals surface area contributed by atoms with Crippen LogP contribution in [0.15, 0.2) is 59.1 Å². The van der Waals surface area contributed by atoms with Crippen molar-refractivity contribution < 1.29 is 19.1 Å². The summed E-state index contributed by atoms with van der Waals surface area (Å²) in [5, 5.41) is 14.1. The fourth-order valence-corrected chi connectivity index (χ4v) is 5.23. The Morgan fingerprint density at radius 1 is 1.03 bits per heavy atom. The normalized spacial score (nSPS) is 10.7. The number of esters is 1. The van der Waals surface area contributed by atoms with Gasteiger partial charge in [0.25, 0.3) is 0 Å². The van der Waals surface area contributed by atoms with E-state index < -0.39 is 5.97 Å². The summed E-state index contributed by atoms with van der Waals surface area (Å²) < 4.78 is 12.1. The van der Waals surface area contributed by atoms with E-state index >= 15 is 0 Å². The predicted octanol–water partition coefficient (Wildman–Crippen LogP) is 5.14. The molecule has 4 rings (SSSR count). The highest BCUT2D eigenvalue weighted by atomic mass is 32.2. The molecule has 35 heavy (non-hydrogen) atoms. The molecular weight excluding hydrogens is 484 g/mol. The Labute approximate surface area is 211 Å². The van der Waals surface area contributed by atoms with Crippen molar-refractivity contribution in [2.24, 2.45) is 0 Å². The van der Waals surface area contributed by atoms with Gasteiger partial charge >= 0.3 is 5.97 Å². The average molecular weight is 509 g/mol. The maximum atomic E-state index is 12.8. The van der Waals surface area contributed by atoms with Gasteiger partial charge in [-0.3, -0.25) is 9.36 Å². The lowest BCUT2D eigenvalue weighted by Crippen LogP contribution is -2.16. The molecule has 0 bridgehead atoms. The smallest absolute Gasteiger partial charge is 0.341 e. The number of amides is 1. The van der Waals surface area contributed by atoms with E-state index in [1.165, 1.54) is 30.2 Å². The molecule has 1 amide bonds. The molecule has 4 aromatic rings. The van der Waals surface area contributed by atoms with Crippen molar-refractivity contribution in [3.8, 4) is 22.6 Å². The number of carbonyl (C=O) groups is 2. The molecule has 1 N–H and O–H groups in total. The van der Waals surface area contributed by atoms with Gasteiger partial charge in [0.15, 0.2) is 5.16 Å². The van der Waals surface area contributed by atoms with Gasteiger partial charge in [-0.05, 0) is 43.7 Å². The number of anilines is 1. The summed E-state index contributed by atoms with van der Waals surface area (Å²) in [6.07, 6.45) is 0. The number of benzene rings is 2. The van der Waals surface area contributed by atoms with Crippen LogP contribution < -0.4 is 10.1 Å². The number of hydrogen-bond donors (Lipinski definition) is 1. The van der Waals surface area contributed by atoms with Crippen LogP contribution in [0, 0.1) is 13.8 Å². The van der Waals surface area contributed by atoms with Gasteiger partial charge in [-0.1, -0.05) is 41.6 Å². The van der Waals surface area contributed by atoms with E-state index in [9.17, 15) is 9.59 Å². The van der Waals surface area contributed by atoms with Crippen molar-refractivity contribution >= 4 is 40.0 Å². The van der Waals surface area contributed by atoms with Gasteiger partial charge in [0.1, 0.15) is 22.1 Å². The van der Waals surface area contributed by atoms with E-state index in [0.717, 1.165) is 22.6 Å². The first kappa shape index (κ1) is 24.5. The van der Waals surface area contributed by atoms with Gasteiger partial charge in [-0.2, -0.15) is 0 Å². The van der Waals surface area contributed by atoms with Crippen molar-refractivity contribution in [1.29, 1.82) is 0 Å². The van der Waals surface area contributed by atoms with Crippen LogP contribution in [0.1, 0.15) is 21.7 Å². The molecule has 0 saturated carbocycles. The maximum Gasteiger partial charge on any atom is 0.341 e. The summed E-state index contributed by atoms with van der Waals surface area (Å²) in [5.41, 5.74) is 3.90. The van der Waals surface area contributed by atoms with Crippen LogP contribution in [-0.4, -0.2) is 46.6 Å². The van der Waals surface area contributed by atoms with Crippen LogP contribution in [0.5, 0.6) is 5.75 Å². The van der Waals surface area contributed by atoms with Gasteiger partial charge in [-0.15, -0.1) is 21.5 Å². The van der Waals surface area contributed by atoms with Crippen molar-refractivity contribution in [3.63, 3.8) is 0 Å². The zero-order valence-corrected chi connectivity index (χ0v) is 21.3. The van der Waals surface area contributed by atoms with E-state index in [4.69, 9.17) is 9.47 Å². The molecule has 8 nitrogen and oxygen atoms in total. The Morgan fingerprint density at radius 2 is 1.74 bits per heavy atom. The van der Waals surface area contributed by atoms with Crippen LogP contribution in [-0.2, 0) is 9.53 Å². The van der Waals surface area contributed by atoms with Crippen LogP contribution in [0.4, 0.5) is 5.00 Å². The second-order valence-corrected chi connectivity index (χ2v) is 9.43. The van der Waals surface area contributed by atoms with E-state index in [1.807, 2.05) is 72.3 Å². The minimum Gasteiger partial charge on any atom is -0.497 e. The molecule has 180 valence electrons. The number of nitrogens with zero attached hydrogens (tertiary/aromatic N) is 3. The molecule has 10 heteroatoms. The van der Waals surface area contributed by atoms with Crippen LogP contribution in [0.3, 0.4) is 0 Å². The first-order chi connectivity index (χ1) is 16.9. The molecule has 2 aromatic carbocycles. The second kappa shape index (κ2) is 10.7. The molecule has 0 fully saturated rings. The third-order valence-corrected chi connectivity index (χ3v) is 7.08. The molecule has 0 spiro atoms. The van der Waals surface area contributed by atoms with E-state index in [1.54, 1.807) is 7.11 Å². The molecule has 0 saturated heterocycles. The summed E-state index contributed by atoms with van der Waals surface area (Å²) in [7, 11) is 2.91. The van der Waals surface area contributed by atoms with Gasteiger partial charge in [-0.25, -0.2) is 4.79 Å². The highest BCUT2D eigenvalue weighted by Gasteiger charge is 2.23. The number of thioether (sulfide) groups is 1. The number of hydrogen-bond acceptors (Lipinski definition) is 8. The number of ether oxygens (including phenoxy) is 2. The summed E-state index contributed by atoms with van der Waals surface area (Å²) in [4.78, 5) is 25.4. The van der Waals surface area contributed by atoms with Crippen molar-refractivity contribution in [2.75, 3.05) is 25.3 Å². The molecule has 2 aromatic heterocycles. The van der Waals surface area contributed by atoms with Crippen molar-refractivity contribution in [1.82, 2.24) is 14.8 Å². The minimum atomic E-state index is -0.519. The fourth-order valence-electron chi connectivity index (χ4n) is 3.46. The molecular formula is C25H24N4O4S2. The van der Waals surface area contributed by atoms with E-state index in [-0.39, 0.29) is 11.7 Å². The van der Waals surface area contributed by atoms with Crippen LogP contribution in [0.25, 0.3) is 16.8 Å². The first-order valence-corrected chi connectivity index (χ1v) is 12.5. The van der Waals surface area contributed by atoms with Gasteiger partial charge < -0.3 is 14.8 Å². The molecule has 0 aliphatic rings. The van der Waals surface area contributed by atoms with Gasteiger partial charge in [0, 0.05) is 16.6 Å². The zero-order valence-electron chi connectivity index (χ0n) is 19.7. The molecule has 0 radical (unpaired) electrons. The van der Waals surface area contributed by atoms with Crippen molar-refractivity contribution in [2.45, 2.75) is 19.0 Å². The largest absolute Gasteiger partial charge is 0.497 e. The molecule has 0 aliphatic heterocycles. The minimum absolute atomic E-state index is 0.0976. The molecule has 0 unspecified atom stereocenters. The number of aryl methyl sites for hydroxylation is 2. The van der Waals surface area contributed by atoms with E-state index in [2.05, 4.69) is 15.5 Å². The highest BCUT2D eigenvalue weighted by Crippen LogP contribution is 2.37. The Balaban J connectivity index is 1.51. The first-order valence-electron chi connectivity index (χ1n) is 10.7. The number of rotatable bonds is 8. The lowest BCUT2D eigenvalue weighted by molar-refractivity contribution is -0.113. The Hall–Kier alpha value is -3.63. The topological polar surface area (TPSA) is 95.3 Å². The number of methoxy groups -OCH3 is 2. The summed E-state index contributed by atoms with van der Waals surface area (Å²) >= 11 is 2.55. The quantitative estimate of drug-likeness (QED) is 0.260. The molecule has 2 heterocycles. The summed E-state index contributed by atoms with van der Waals surface area (Å²) in [6.45, 7) is 3.89. The number of aromatic nitrogens is 3. The van der Waals surface area contributed by atoms with Gasteiger partial charge in [0.2, 0.25) is 5.91 Å². The Bertz CT molecular complexity index is 1350. The maximum absolute atomic E-state index is 12.8. The lowest BCUT2D eigenvalue weighted by atomic mass is 10.0. The van der Waals surface area contributed by atoms with Crippen molar-refractivity contribution in [3.05, 3.63) is 70.9 Å². The fraction of sp³-hybridized carbons (Fsp3) is 0.200. The third-order valence-electron chi connectivity index (χ3n) is 5.25. The Kier molecular flexibility index (Phi) is 7.52. The Morgan fingerprint density at radius 3 is 2.40 bits per heavy atom. The number of carbonyl (C=O) groups excluding carboxylic acids is 2. The zero-order chi connectivity index (χ0) is 24.9. The standard InChI is InChI=1S/C25H24N4O4S2/c1-15-5-9-18(10-6-15)29-16(2)27-28-25(29)35-14-21(30)26-23-22(24(31)33-4)20(13-34-23)17-7-11-19(32-3)12-8-17/h5-13H,14H2,1-4H3,(H,26,30). The average Bonchev–Trinajstić information content (AvgIpc) is 3.46. The van der Waals surface area contributed by atoms with E-state index in [0.29, 0.717) is 27.0 Å². The highest BCUT2D eigenvalue weighted by molar-refractivity contribution is 7.99. The van der Waals surface area contributed by atoms with Crippen LogP contribution >= 0.6 is 23.1 Å².